The summed E-state index contributed by atoms with van der Waals surface area (Å²) in [6.45, 7) is 3.09. The van der Waals surface area contributed by atoms with Crippen molar-refractivity contribution in [1.82, 2.24) is 15.0 Å². The van der Waals surface area contributed by atoms with E-state index in [9.17, 15) is 0 Å². The molecular weight excluding hydrogens is 238 g/mol. The molecule has 1 aromatic carbocycles. The minimum Gasteiger partial charge on any atom is -0.379 e. The van der Waals surface area contributed by atoms with Crippen LogP contribution in [0, 0.1) is 0 Å². The van der Waals surface area contributed by atoms with Crippen molar-refractivity contribution in [2.24, 2.45) is 7.05 Å². The Balaban J connectivity index is 1.67. The average Bonchev–Trinajstić information content (AvgIpc) is 3.08. The first-order chi connectivity index (χ1) is 9.33. The topological polar surface area (TPSA) is 46.0 Å². The normalized spacial score (nSPS) is 14.9. The monoisotopic (exact) mass is 257 g/mol. The van der Waals surface area contributed by atoms with Gasteiger partial charge >= 0.3 is 0 Å². The maximum absolute atomic E-state index is 3.93. The molecule has 1 saturated heterocycles. The van der Waals surface area contributed by atoms with E-state index in [1.165, 1.54) is 31.6 Å². The second kappa shape index (κ2) is 5.30. The Morgan fingerprint density at radius 2 is 2.11 bits per heavy atom. The highest BCUT2D eigenvalue weighted by Crippen LogP contribution is 2.23. The summed E-state index contributed by atoms with van der Waals surface area (Å²) in [5.74, 6) is 0. The van der Waals surface area contributed by atoms with Gasteiger partial charge in [-0.2, -0.15) is 0 Å². The molecule has 0 saturated carbocycles. The Hall–Kier alpha value is -2.04. The third-order valence-corrected chi connectivity index (χ3v) is 3.60. The average molecular weight is 257 g/mol. The lowest BCUT2D eigenvalue weighted by Crippen LogP contribution is -2.17. The van der Waals surface area contributed by atoms with E-state index in [0.29, 0.717) is 0 Å². The van der Waals surface area contributed by atoms with Gasteiger partial charge < -0.3 is 10.2 Å². The van der Waals surface area contributed by atoms with Gasteiger partial charge in [-0.1, -0.05) is 11.3 Å². The van der Waals surface area contributed by atoms with Crippen molar-refractivity contribution in [2.45, 2.75) is 19.4 Å². The molecule has 1 aromatic heterocycles. The van der Waals surface area contributed by atoms with Crippen LogP contribution in [-0.4, -0.2) is 28.1 Å². The molecule has 0 amide bonds. The molecule has 0 atom stereocenters. The van der Waals surface area contributed by atoms with E-state index in [-0.39, 0.29) is 0 Å². The number of benzene rings is 1. The van der Waals surface area contributed by atoms with Crippen molar-refractivity contribution < 1.29 is 0 Å². The van der Waals surface area contributed by atoms with Crippen LogP contribution in [0.5, 0.6) is 0 Å². The molecule has 0 radical (unpaired) electrons. The van der Waals surface area contributed by atoms with Gasteiger partial charge in [0.05, 0.1) is 18.4 Å². The molecule has 0 bridgehead atoms. The maximum Gasteiger partial charge on any atom is 0.0774 e. The van der Waals surface area contributed by atoms with Crippen LogP contribution in [0.25, 0.3) is 0 Å². The molecule has 1 aliphatic rings. The first kappa shape index (κ1) is 12.0. The van der Waals surface area contributed by atoms with Crippen LogP contribution in [0.4, 0.5) is 11.4 Å². The summed E-state index contributed by atoms with van der Waals surface area (Å²) in [5.41, 5.74) is 3.53. The number of aromatic nitrogens is 3. The van der Waals surface area contributed by atoms with Crippen LogP contribution in [-0.2, 0) is 13.6 Å². The van der Waals surface area contributed by atoms with Gasteiger partial charge in [-0.15, -0.1) is 5.10 Å². The van der Waals surface area contributed by atoms with Gasteiger partial charge in [-0.25, -0.2) is 0 Å². The fourth-order valence-electron chi connectivity index (χ4n) is 2.45. The molecule has 0 unspecified atom stereocenters. The van der Waals surface area contributed by atoms with Crippen molar-refractivity contribution in [2.75, 3.05) is 23.3 Å². The highest BCUT2D eigenvalue weighted by molar-refractivity contribution is 5.58. The number of anilines is 2. The zero-order valence-electron chi connectivity index (χ0n) is 11.2. The van der Waals surface area contributed by atoms with Gasteiger partial charge in [-0.3, -0.25) is 4.68 Å². The van der Waals surface area contributed by atoms with E-state index in [1.54, 1.807) is 10.9 Å². The van der Waals surface area contributed by atoms with Gasteiger partial charge in [0, 0.05) is 31.5 Å². The number of nitrogens with one attached hydrogen (secondary N) is 1. The zero-order chi connectivity index (χ0) is 13.1. The van der Waals surface area contributed by atoms with Gasteiger partial charge in [-0.05, 0) is 31.0 Å². The molecule has 19 heavy (non-hydrogen) atoms. The highest BCUT2D eigenvalue weighted by atomic mass is 15.4. The summed E-state index contributed by atoms with van der Waals surface area (Å²) in [4.78, 5) is 2.44. The quantitative estimate of drug-likeness (QED) is 0.910. The van der Waals surface area contributed by atoms with Gasteiger partial charge in [0.15, 0.2) is 0 Å². The van der Waals surface area contributed by atoms with Crippen LogP contribution in [0.2, 0.25) is 0 Å². The number of hydrogen-bond acceptors (Lipinski definition) is 4. The molecule has 1 aliphatic heterocycles. The van der Waals surface area contributed by atoms with Crippen molar-refractivity contribution in [1.29, 1.82) is 0 Å². The second-order valence-corrected chi connectivity index (χ2v) is 4.95. The largest absolute Gasteiger partial charge is 0.379 e. The van der Waals surface area contributed by atoms with Crippen LogP contribution in [0.1, 0.15) is 18.5 Å². The SMILES string of the molecule is Cn1nncc1CNc1cccc(N2CCCC2)c1. The van der Waals surface area contributed by atoms with Crippen LogP contribution in [0.15, 0.2) is 30.5 Å². The molecule has 5 nitrogen and oxygen atoms in total. The van der Waals surface area contributed by atoms with Crippen LogP contribution < -0.4 is 10.2 Å². The predicted octanol–water partition coefficient (Wildman–Crippen LogP) is 2.03. The lowest BCUT2D eigenvalue weighted by atomic mass is 10.2. The molecule has 0 aliphatic carbocycles. The summed E-state index contributed by atoms with van der Waals surface area (Å²) >= 11 is 0. The molecule has 1 fully saturated rings. The molecule has 5 heteroatoms. The lowest BCUT2D eigenvalue weighted by Gasteiger charge is -2.18. The Kier molecular flexibility index (Phi) is 3.35. The molecular formula is C14H19N5. The van der Waals surface area contributed by atoms with Gasteiger partial charge in [0.25, 0.3) is 0 Å². The number of rotatable bonds is 4. The van der Waals surface area contributed by atoms with Crippen molar-refractivity contribution in [3.05, 3.63) is 36.2 Å². The zero-order valence-corrected chi connectivity index (χ0v) is 11.2. The smallest absolute Gasteiger partial charge is 0.0774 e. The Labute approximate surface area is 113 Å². The van der Waals surface area contributed by atoms with Crippen molar-refractivity contribution in [3.8, 4) is 0 Å². The van der Waals surface area contributed by atoms with Crippen molar-refractivity contribution >= 4 is 11.4 Å². The highest BCUT2D eigenvalue weighted by Gasteiger charge is 2.12. The molecule has 2 aromatic rings. The first-order valence-corrected chi connectivity index (χ1v) is 6.75. The van der Waals surface area contributed by atoms with Gasteiger partial charge in [0.1, 0.15) is 0 Å². The van der Waals surface area contributed by atoms with Crippen LogP contribution >= 0.6 is 0 Å². The minimum absolute atomic E-state index is 0.743. The fraction of sp³-hybridized carbons (Fsp3) is 0.429. The van der Waals surface area contributed by atoms with Crippen LogP contribution in [0.3, 0.4) is 0 Å². The first-order valence-electron chi connectivity index (χ1n) is 6.75. The standard InChI is InChI=1S/C14H19N5/c1-18-14(11-16-17-18)10-15-12-5-4-6-13(9-12)19-7-2-3-8-19/h4-6,9,11,15H,2-3,7-8,10H2,1H3. The van der Waals surface area contributed by atoms with E-state index in [2.05, 4.69) is 44.8 Å². The van der Waals surface area contributed by atoms with E-state index in [0.717, 1.165) is 17.9 Å². The third kappa shape index (κ3) is 2.70. The fourth-order valence-corrected chi connectivity index (χ4v) is 2.45. The van der Waals surface area contributed by atoms with E-state index >= 15 is 0 Å². The van der Waals surface area contributed by atoms with E-state index < -0.39 is 0 Å². The van der Waals surface area contributed by atoms with E-state index in [4.69, 9.17) is 0 Å². The summed E-state index contributed by atoms with van der Waals surface area (Å²) < 4.78 is 1.79. The Bertz CT molecular complexity index is 542. The molecule has 0 spiro atoms. The number of hydrogen-bond donors (Lipinski definition) is 1. The third-order valence-electron chi connectivity index (χ3n) is 3.60. The number of aryl methyl sites for hydroxylation is 1. The Morgan fingerprint density at radius 3 is 2.84 bits per heavy atom. The van der Waals surface area contributed by atoms with Gasteiger partial charge in [0.2, 0.25) is 0 Å². The lowest BCUT2D eigenvalue weighted by molar-refractivity contribution is 0.683. The predicted molar refractivity (Wildman–Crippen MR) is 76.2 cm³/mol. The Morgan fingerprint density at radius 1 is 1.26 bits per heavy atom. The minimum atomic E-state index is 0.743. The molecule has 1 N–H and O–H groups in total. The molecule has 3 rings (SSSR count). The summed E-state index contributed by atoms with van der Waals surface area (Å²) in [6, 6.07) is 8.61. The number of nitrogens with zero attached hydrogens (tertiary/aromatic N) is 4. The maximum atomic E-state index is 3.93. The van der Waals surface area contributed by atoms with E-state index in [1.807, 2.05) is 7.05 Å². The summed E-state index contributed by atoms with van der Waals surface area (Å²) in [5, 5.41) is 11.2. The molecule has 100 valence electrons. The van der Waals surface area contributed by atoms with Crippen molar-refractivity contribution in [3.63, 3.8) is 0 Å². The second-order valence-electron chi connectivity index (χ2n) is 4.95. The summed E-state index contributed by atoms with van der Waals surface area (Å²) in [6.07, 6.45) is 4.40. The summed E-state index contributed by atoms with van der Waals surface area (Å²) in [7, 11) is 1.91. The molecule has 2 heterocycles.